The monoisotopic (exact) mass is 267 g/mol. The van der Waals surface area contributed by atoms with Crippen LogP contribution in [-0.4, -0.2) is 26.1 Å². The van der Waals surface area contributed by atoms with Gasteiger partial charge >= 0.3 is 0 Å². The molecule has 0 amide bonds. The molecule has 0 aliphatic heterocycles. The highest BCUT2D eigenvalue weighted by molar-refractivity contribution is 5.88. The summed E-state index contributed by atoms with van der Waals surface area (Å²) in [6.45, 7) is 1.92. The Morgan fingerprint density at radius 1 is 1.10 bits per heavy atom. The van der Waals surface area contributed by atoms with Crippen LogP contribution >= 0.6 is 0 Å². The van der Waals surface area contributed by atoms with Gasteiger partial charge in [0, 0.05) is 30.9 Å². The van der Waals surface area contributed by atoms with E-state index in [-0.39, 0.29) is 0 Å². The van der Waals surface area contributed by atoms with Crippen LogP contribution in [0.25, 0.3) is 10.9 Å². The summed E-state index contributed by atoms with van der Waals surface area (Å²) in [6.07, 6.45) is 9.47. The zero-order valence-corrected chi connectivity index (χ0v) is 11.2. The quantitative estimate of drug-likeness (QED) is 0.698. The third-order valence-electron chi connectivity index (χ3n) is 3.24. The number of imidazole rings is 1. The van der Waals surface area contributed by atoms with Gasteiger partial charge in [-0.05, 0) is 25.0 Å². The van der Waals surface area contributed by atoms with Crippen molar-refractivity contribution in [1.82, 2.24) is 19.5 Å². The molecule has 0 spiro atoms. The summed E-state index contributed by atoms with van der Waals surface area (Å²) < 4.78 is 2.10. The van der Waals surface area contributed by atoms with Gasteiger partial charge in [-0.3, -0.25) is 0 Å². The van der Waals surface area contributed by atoms with Gasteiger partial charge in [-0.15, -0.1) is 0 Å². The van der Waals surface area contributed by atoms with Crippen LogP contribution < -0.4 is 5.32 Å². The zero-order chi connectivity index (χ0) is 13.6. The topological polar surface area (TPSA) is 55.6 Å². The number of fused-ring (bicyclic) bond motifs is 1. The van der Waals surface area contributed by atoms with Crippen molar-refractivity contribution in [3.8, 4) is 0 Å². The number of aryl methyl sites for hydroxylation is 1. The van der Waals surface area contributed by atoms with Crippen LogP contribution in [0.3, 0.4) is 0 Å². The number of hydrogen-bond donors (Lipinski definition) is 1. The van der Waals surface area contributed by atoms with Crippen LogP contribution in [0.15, 0.2) is 49.3 Å². The van der Waals surface area contributed by atoms with Crippen molar-refractivity contribution in [3.05, 3.63) is 49.3 Å². The average Bonchev–Trinajstić information content (AvgIpc) is 3.00. The van der Waals surface area contributed by atoms with E-state index in [4.69, 9.17) is 0 Å². The molecule has 1 aromatic carbocycles. The molecule has 2 heterocycles. The van der Waals surface area contributed by atoms with Crippen molar-refractivity contribution >= 4 is 16.7 Å². The molecule has 5 nitrogen and oxygen atoms in total. The number of benzene rings is 1. The van der Waals surface area contributed by atoms with Crippen molar-refractivity contribution in [3.63, 3.8) is 0 Å². The highest BCUT2D eigenvalue weighted by Crippen LogP contribution is 2.18. The molecular weight excluding hydrogens is 250 g/mol. The van der Waals surface area contributed by atoms with E-state index in [9.17, 15) is 0 Å². The second-order valence-electron chi connectivity index (χ2n) is 4.67. The van der Waals surface area contributed by atoms with Gasteiger partial charge in [-0.2, -0.15) is 0 Å². The Bertz CT molecular complexity index is 658. The number of aromatic nitrogens is 4. The molecule has 0 atom stereocenters. The Labute approximate surface area is 117 Å². The Balaban J connectivity index is 1.52. The van der Waals surface area contributed by atoms with Gasteiger partial charge in [0.15, 0.2) is 0 Å². The predicted molar refractivity (Wildman–Crippen MR) is 79.5 cm³/mol. The van der Waals surface area contributed by atoms with E-state index < -0.39 is 0 Å². The van der Waals surface area contributed by atoms with Crippen LogP contribution in [0, 0.1) is 0 Å². The van der Waals surface area contributed by atoms with E-state index in [0.717, 1.165) is 42.7 Å². The molecular formula is C15H17N5. The molecule has 20 heavy (non-hydrogen) atoms. The van der Waals surface area contributed by atoms with E-state index in [1.165, 1.54) is 0 Å². The first-order valence-corrected chi connectivity index (χ1v) is 6.83. The fraction of sp³-hybridized carbons (Fsp3) is 0.267. The summed E-state index contributed by atoms with van der Waals surface area (Å²) in [5, 5.41) is 4.47. The molecule has 0 fully saturated rings. The molecule has 102 valence electrons. The molecule has 1 N–H and O–H groups in total. The van der Waals surface area contributed by atoms with Crippen LogP contribution in [-0.2, 0) is 6.54 Å². The standard InChI is InChI=1S/C15H17N5/c1-2-6-14-13(5-1)15(19-11-18-14)17-7-3-4-9-20-10-8-16-12-20/h1-2,5-6,8,10-12H,3-4,7,9H2,(H,17,18,19). The molecule has 2 aromatic heterocycles. The second-order valence-corrected chi connectivity index (χ2v) is 4.67. The number of para-hydroxylation sites is 1. The minimum atomic E-state index is 0.912. The van der Waals surface area contributed by atoms with Gasteiger partial charge in [-0.25, -0.2) is 15.0 Å². The first-order valence-electron chi connectivity index (χ1n) is 6.83. The molecule has 0 saturated carbocycles. The lowest BCUT2D eigenvalue weighted by Gasteiger charge is -2.08. The van der Waals surface area contributed by atoms with E-state index in [1.54, 1.807) is 6.33 Å². The van der Waals surface area contributed by atoms with Gasteiger partial charge in [0.1, 0.15) is 12.1 Å². The maximum absolute atomic E-state index is 4.32. The molecule has 0 aliphatic rings. The highest BCUT2D eigenvalue weighted by atomic mass is 15.0. The van der Waals surface area contributed by atoms with E-state index in [0.29, 0.717) is 0 Å². The number of unbranched alkanes of at least 4 members (excludes halogenated alkanes) is 1. The highest BCUT2D eigenvalue weighted by Gasteiger charge is 2.01. The van der Waals surface area contributed by atoms with Crippen molar-refractivity contribution in [2.45, 2.75) is 19.4 Å². The maximum Gasteiger partial charge on any atom is 0.137 e. The molecule has 5 heteroatoms. The summed E-state index contributed by atoms with van der Waals surface area (Å²) in [6, 6.07) is 8.05. The molecule has 0 bridgehead atoms. The Morgan fingerprint density at radius 2 is 2.05 bits per heavy atom. The Kier molecular flexibility index (Phi) is 3.87. The van der Waals surface area contributed by atoms with Gasteiger partial charge in [0.25, 0.3) is 0 Å². The smallest absolute Gasteiger partial charge is 0.137 e. The summed E-state index contributed by atoms with van der Waals surface area (Å²) in [5.41, 5.74) is 0.975. The van der Waals surface area contributed by atoms with E-state index >= 15 is 0 Å². The largest absolute Gasteiger partial charge is 0.369 e. The number of rotatable bonds is 6. The summed E-state index contributed by atoms with van der Waals surface area (Å²) in [5.74, 6) is 0.915. The summed E-state index contributed by atoms with van der Waals surface area (Å²) in [7, 11) is 0. The SMILES string of the molecule is c1ccc2c(NCCCCn3ccnc3)ncnc2c1. The van der Waals surface area contributed by atoms with Crippen molar-refractivity contribution in [2.24, 2.45) is 0 Å². The fourth-order valence-electron chi connectivity index (χ4n) is 2.19. The van der Waals surface area contributed by atoms with E-state index in [1.807, 2.05) is 43.0 Å². The lowest BCUT2D eigenvalue weighted by atomic mass is 10.2. The lowest BCUT2D eigenvalue weighted by Crippen LogP contribution is -2.05. The third kappa shape index (κ3) is 2.93. The van der Waals surface area contributed by atoms with E-state index in [2.05, 4.69) is 24.8 Å². The van der Waals surface area contributed by atoms with Gasteiger partial charge in [0.2, 0.25) is 0 Å². The van der Waals surface area contributed by atoms with Crippen LogP contribution in [0.2, 0.25) is 0 Å². The molecule has 0 aliphatic carbocycles. The normalized spacial score (nSPS) is 10.8. The molecule has 3 aromatic rings. The Morgan fingerprint density at radius 3 is 2.95 bits per heavy atom. The average molecular weight is 267 g/mol. The molecule has 3 rings (SSSR count). The number of hydrogen-bond acceptors (Lipinski definition) is 4. The maximum atomic E-state index is 4.32. The first kappa shape index (κ1) is 12.6. The van der Waals surface area contributed by atoms with Gasteiger partial charge < -0.3 is 9.88 Å². The number of anilines is 1. The fourth-order valence-corrected chi connectivity index (χ4v) is 2.19. The molecule has 0 radical (unpaired) electrons. The summed E-state index contributed by atoms with van der Waals surface area (Å²) >= 11 is 0. The van der Waals surface area contributed by atoms with Crippen LogP contribution in [0.5, 0.6) is 0 Å². The molecule has 0 unspecified atom stereocenters. The first-order chi connectivity index (χ1) is 9.93. The third-order valence-corrected chi connectivity index (χ3v) is 3.24. The van der Waals surface area contributed by atoms with Gasteiger partial charge in [0.05, 0.1) is 11.8 Å². The zero-order valence-electron chi connectivity index (χ0n) is 11.2. The van der Waals surface area contributed by atoms with Crippen LogP contribution in [0.4, 0.5) is 5.82 Å². The number of nitrogens with one attached hydrogen (secondary N) is 1. The predicted octanol–water partition coefficient (Wildman–Crippen LogP) is 2.72. The lowest BCUT2D eigenvalue weighted by molar-refractivity contribution is 0.621. The Hall–Kier alpha value is -2.43. The van der Waals surface area contributed by atoms with Crippen LogP contribution in [0.1, 0.15) is 12.8 Å². The number of nitrogens with zero attached hydrogens (tertiary/aromatic N) is 4. The van der Waals surface area contributed by atoms with Crippen molar-refractivity contribution in [1.29, 1.82) is 0 Å². The summed E-state index contributed by atoms with van der Waals surface area (Å²) in [4.78, 5) is 12.6. The minimum absolute atomic E-state index is 0.912. The van der Waals surface area contributed by atoms with Crippen molar-refractivity contribution < 1.29 is 0 Å². The molecule has 0 saturated heterocycles. The second kappa shape index (κ2) is 6.14. The van der Waals surface area contributed by atoms with Crippen molar-refractivity contribution in [2.75, 3.05) is 11.9 Å². The minimum Gasteiger partial charge on any atom is -0.369 e. The van der Waals surface area contributed by atoms with Gasteiger partial charge in [-0.1, -0.05) is 12.1 Å².